The smallest absolute Gasteiger partial charge is 0.276 e. The molecule has 8 heavy (non-hydrogen) atoms. The molecule has 0 radical (unpaired) electrons. The fourth-order valence-corrected chi connectivity index (χ4v) is 0.910. The van der Waals surface area contributed by atoms with Crippen LogP contribution in [0.1, 0.15) is 19.3 Å². The van der Waals surface area contributed by atoms with Gasteiger partial charge in [0.25, 0.3) is 5.24 Å². The lowest BCUT2D eigenvalue weighted by Gasteiger charge is -2.25. The first-order chi connectivity index (χ1) is 3.79. The van der Waals surface area contributed by atoms with Gasteiger partial charge in [0.15, 0.2) is 0 Å². The molecule has 2 nitrogen and oxygen atoms in total. The third kappa shape index (κ3) is 1.40. The Morgan fingerprint density at radius 1 is 1.62 bits per heavy atom. The highest BCUT2D eigenvalue weighted by Crippen LogP contribution is 2.17. The van der Waals surface area contributed by atoms with Crippen molar-refractivity contribution >= 4 is 17.9 Å². The van der Waals surface area contributed by atoms with E-state index in [9.17, 15) is 4.79 Å². The topological polar surface area (TPSA) is 29.1 Å². The lowest BCUT2D eigenvalue weighted by molar-refractivity contribution is 0.249. The molecule has 1 rings (SSSR count). The Bertz CT molecular complexity index is 101. The van der Waals surface area contributed by atoms with Crippen molar-refractivity contribution in [2.24, 2.45) is 0 Å². The molecule has 0 aromatic carbocycles. The van der Waals surface area contributed by atoms with E-state index in [1.165, 1.54) is 6.42 Å². The second-order valence-electron chi connectivity index (χ2n) is 2.08. The van der Waals surface area contributed by atoms with Gasteiger partial charge in [-0.2, -0.15) is 0 Å². The summed E-state index contributed by atoms with van der Waals surface area (Å²) in [6.07, 6.45) is 3.51. The van der Waals surface area contributed by atoms with Gasteiger partial charge in [0.1, 0.15) is 0 Å². The zero-order valence-electron chi connectivity index (χ0n) is 4.55. The predicted octanol–water partition coefficient (Wildman–Crippen LogP) is 1.18. The molecule has 1 aliphatic carbocycles. The van der Waals surface area contributed by atoms with Crippen molar-refractivity contribution in [1.29, 1.82) is 0 Å². The molecule has 1 saturated carbocycles. The van der Waals surface area contributed by atoms with Crippen LogP contribution >= 0.6 is 12.6 Å². The number of carbonyl (C=O) groups excluding carboxylic acids is 1. The summed E-state index contributed by atoms with van der Waals surface area (Å²) in [5, 5.41) is 2.51. The van der Waals surface area contributed by atoms with E-state index in [1.54, 1.807) is 0 Å². The van der Waals surface area contributed by atoms with Crippen LogP contribution in [0.2, 0.25) is 0 Å². The Balaban J connectivity index is 2.09. The van der Waals surface area contributed by atoms with Crippen molar-refractivity contribution in [2.45, 2.75) is 25.3 Å². The SMILES string of the molecule is O=C(S)NC1CCC1. The van der Waals surface area contributed by atoms with E-state index >= 15 is 0 Å². The van der Waals surface area contributed by atoms with Crippen LogP contribution in [0.3, 0.4) is 0 Å². The number of thiol groups is 1. The average molecular weight is 131 g/mol. The molecule has 0 aromatic rings. The highest BCUT2D eigenvalue weighted by Gasteiger charge is 2.17. The van der Waals surface area contributed by atoms with Gasteiger partial charge in [-0.15, -0.1) is 0 Å². The van der Waals surface area contributed by atoms with Gasteiger partial charge in [-0.3, -0.25) is 4.79 Å². The molecule has 46 valence electrons. The van der Waals surface area contributed by atoms with Crippen molar-refractivity contribution in [2.75, 3.05) is 0 Å². The zero-order valence-corrected chi connectivity index (χ0v) is 5.45. The summed E-state index contributed by atoms with van der Waals surface area (Å²) in [6.45, 7) is 0. The summed E-state index contributed by atoms with van der Waals surface area (Å²) in [5.41, 5.74) is 0. The normalized spacial score (nSPS) is 19.6. The Morgan fingerprint density at radius 3 is 2.38 bits per heavy atom. The minimum Gasteiger partial charge on any atom is -0.344 e. The van der Waals surface area contributed by atoms with Gasteiger partial charge >= 0.3 is 0 Å². The standard InChI is InChI=1S/C5H9NOS/c7-5(8)6-4-2-1-3-4/h4H,1-3H2,(H2,6,7,8). The molecular formula is C5H9NOS. The highest BCUT2D eigenvalue weighted by atomic mass is 32.1. The summed E-state index contributed by atoms with van der Waals surface area (Å²) in [6, 6.07) is 0.431. The van der Waals surface area contributed by atoms with E-state index in [0.29, 0.717) is 6.04 Å². The van der Waals surface area contributed by atoms with E-state index in [1.807, 2.05) is 0 Å². The van der Waals surface area contributed by atoms with Crippen molar-refractivity contribution in [3.63, 3.8) is 0 Å². The van der Waals surface area contributed by atoms with Crippen molar-refractivity contribution in [3.8, 4) is 0 Å². The Hall–Kier alpha value is -0.180. The van der Waals surface area contributed by atoms with Gasteiger partial charge in [0, 0.05) is 6.04 Å². The molecule has 1 N–H and O–H groups in total. The van der Waals surface area contributed by atoms with E-state index < -0.39 is 0 Å². The maximum atomic E-state index is 10.2. The molecule has 0 unspecified atom stereocenters. The minimum atomic E-state index is -0.199. The van der Waals surface area contributed by atoms with Crippen LogP contribution < -0.4 is 5.32 Å². The van der Waals surface area contributed by atoms with Gasteiger partial charge in [-0.1, -0.05) is 12.6 Å². The Kier molecular flexibility index (Phi) is 1.78. The van der Waals surface area contributed by atoms with Crippen molar-refractivity contribution in [3.05, 3.63) is 0 Å². The molecule has 0 atom stereocenters. The monoisotopic (exact) mass is 131 g/mol. The summed E-state index contributed by atoms with van der Waals surface area (Å²) >= 11 is 3.58. The number of hydrogen-bond donors (Lipinski definition) is 2. The van der Waals surface area contributed by atoms with E-state index in [0.717, 1.165) is 12.8 Å². The van der Waals surface area contributed by atoms with Crippen LogP contribution in [0.15, 0.2) is 0 Å². The fraction of sp³-hybridized carbons (Fsp3) is 0.800. The van der Waals surface area contributed by atoms with Gasteiger partial charge in [0.2, 0.25) is 0 Å². The third-order valence-electron chi connectivity index (χ3n) is 1.43. The highest BCUT2D eigenvalue weighted by molar-refractivity contribution is 7.96. The van der Waals surface area contributed by atoms with Crippen LogP contribution in [0.25, 0.3) is 0 Å². The van der Waals surface area contributed by atoms with Gasteiger partial charge in [-0.05, 0) is 19.3 Å². The lowest BCUT2D eigenvalue weighted by Crippen LogP contribution is -2.36. The van der Waals surface area contributed by atoms with Gasteiger partial charge < -0.3 is 5.32 Å². The molecule has 1 aliphatic rings. The molecule has 1 fully saturated rings. The van der Waals surface area contributed by atoms with Crippen LogP contribution in [0.5, 0.6) is 0 Å². The van der Waals surface area contributed by atoms with Crippen LogP contribution in [0.4, 0.5) is 4.79 Å². The lowest BCUT2D eigenvalue weighted by atomic mass is 9.94. The van der Waals surface area contributed by atoms with Crippen molar-refractivity contribution in [1.82, 2.24) is 5.32 Å². The molecule has 0 aromatic heterocycles. The molecule has 1 amide bonds. The van der Waals surface area contributed by atoms with E-state index in [-0.39, 0.29) is 5.24 Å². The Morgan fingerprint density at radius 2 is 2.25 bits per heavy atom. The minimum absolute atomic E-state index is 0.199. The summed E-state index contributed by atoms with van der Waals surface area (Å²) in [4.78, 5) is 10.2. The number of hydrogen-bond acceptors (Lipinski definition) is 1. The van der Waals surface area contributed by atoms with E-state index in [2.05, 4.69) is 17.9 Å². The van der Waals surface area contributed by atoms with Crippen LogP contribution in [-0.2, 0) is 0 Å². The van der Waals surface area contributed by atoms with E-state index in [4.69, 9.17) is 0 Å². The third-order valence-corrected chi connectivity index (χ3v) is 1.56. The fourth-order valence-electron chi connectivity index (χ4n) is 0.727. The summed E-state index contributed by atoms with van der Waals surface area (Å²) in [5.74, 6) is 0. The zero-order chi connectivity index (χ0) is 5.98. The quantitative estimate of drug-likeness (QED) is 0.514. The molecular weight excluding hydrogens is 122 g/mol. The van der Waals surface area contributed by atoms with Crippen molar-refractivity contribution < 1.29 is 4.79 Å². The first kappa shape index (κ1) is 5.95. The van der Waals surface area contributed by atoms with Crippen LogP contribution in [-0.4, -0.2) is 11.3 Å². The molecule has 0 saturated heterocycles. The van der Waals surface area contributed by atoms with Gasteiger partial charge in [0.05, 0.1) is 0 Å². The molecule has 0 heterocycles. The Labute approximate surface area is 54.1 Å². The summed E-state index contributed by atoms with van der Waals surface area (Å²) in [7, 11) is 0. The second-order valence-corrected chi connectivity index (χ2v) is 2.48. The van der Waals surface area contributed by atoms with Gasteiger partial charge in [-0.25, -0.2) is 0 Å². The summed E-state index contributed by atoms with van der Waals surface area (Å²) < 4.78 is 0. The predicted molar refractivity (Wildman–Crippen MR) is 35.2 cm³/mol. The molecule has 0 spiro atoms. The second kappa shape index (κ2) is 2.40. The maximum Gasteiger partial charge on any atom is 0.276 e. The maximum absolute atomic E-state index is 10.2. The molecule has 0 aliphatic heterocycles. The molecule has 3 heteroatoms. The first-order valence-electron chi connectivity index (χ1n) is 2.78. The number of amides is 1. The number of nitrogens with one attached hydrogen (secondary N) is 1. The molecule has 0 bridgehead atoms. The first-order valence-corrected chi connectivity index (χ1v) is 3.23. The number of rotatable bonds is 1. The number of carbonyl (C=O) groups is 1. The van der Waals surface area contributed by atoms with Crippen LogP contribution in [0, 0.1) is 0 Å². The largest absolute Gasteiger partial charge is 0.344 e. The average Bonchev–Trinajstić information content (AvgIpc) is 1.55.